The van der Waals surface area contributed by atoms with Gasteiger partial charge in [-0.15, -0.1) is 0 Å². The summed E-state index contributed by atoms with van der Waals surface area (Å²) in [6.07, 6.45) is 12.0. The van der Waals surface area contributed by atoms with E-state index in [-0.39, 0.29) is 11.2 Å². The number of nitrogens with zero attached hydrogens (tertiary/aromatic N) is 2. The van der Waals surface area contributed by atoms with E-state index in [0.29, 0.717) is 6.04 Å². The van der Waals surface area contributed by atoms with Gasteiger partial charge in [-0.1, -0.05) is 39.8 Å². The van der Waals surface area contributed by atoms with Crippen molar-refractivity contribution in [2.24, 2.45) is 0 Å². The Morgan fingerprint density at radius 2 is 1.86 bits per heavy atom. The second-order valence-electron chi connectivity index (χ2n) is 11.6. The van der Waals surface area contributed by atoms with Gasteiger partial charge in [-0.3, -0.25) is 9.69 Å². The van der Waals surface area contributed by atoms with Crippen LogP contribution >= 0.6 is 0 Å². The van der Waals surface area contributed by atoms with Crippen LogP contribution in [0.2, 0.25) is 0 Å². The highest BCUT2D eigenvalue weighted by Crippen LogP contribution is 2.42. The number of nitrogens with one attached hydrogen (secondary N) is 1. The summed E-state index contributed by atoms with van der Waals surface area (Å²) in [5.74, 6) is 0.182. The molecule has 196 valence electrons. The lowest BCUT2D eigenvalue weighted by molar-refractivity contribution is 0.0115. The summed E-state index contributed by atoms with van der Waals surface area (Å²) < 4.78 is 5.57. The number of hydrogen-bond donors (Lipinski definition) is 1. The average Bonchev–Trinajstić information content (AvgIpc) is 3.32. The lowest BCUT2D eigenvalue weighted by Gasteiger charge is -2.42. The Hall–Kier alpha value is -2.63. The average molecular weight is 500 g/mol. The van der Waals surface area contributed by atoms with Crippen LogP contribution in [0.4, 0.5) is 5.69 Å². The molecule has 2 aliphatic carbocycles. The Kier molecular flexibility index (Phi) is 6.40. The van der Waals surface area contributed by atoms with Gasteiger partial charge in [-0.2, -0.15) is 0 Å². The van der Waals surface area contributed by atoms with Crippen molar-refractivity contribution in [2.45, 2.75) is 71.3 Å². The van der Waals surface area contributed by atoms with Crippen LogP contribution in [0.3, 0.4) is 0 Å². The number of hydrogen-bond acceptors (Lipinski definition) is 4. The SMILES string of the molecule is CCC=C1C=c2[nH]c3c(c2=CC1)C(=O)c1cc(CC)c(N2CCC(N4CCOCC4)CC2)cc1C3(C)C. The number of ether oxygens (including phenoxy) is 1. The van der Waals surface area contributed by atoms with Crippen molar-refractivity contribution >= 4 is 23.6 Å². The number of piperidine rings is 1. The standard InChI is InChI=1S/C32H41N3O2/c1-5-7-21-8-9-24-27(18-21)33-31-29(24)30(36)25-19-22(6-2)28(20-26(25)32(31,3)4)35-12-10-23(11-13-35)34-14-16-37-17-15-34/h7,9,18-20,23,33H,5-6,8,10-17H2,1-4H3. The van der Waals surface area contributed by atoms with Crippen LogP contribution < -0.4 is 15.5 Å². The van der Waals surface area contributed by atoms with E-state index in [1.165, 1.54) is 29.7 Å². The first-order valence-corrected chi connectivity index (χ1v) is 14.3. The minimum Gasteiger partial charge on any atom is -0.379 e. The summed E-state index contributed by atoms with van der Waals surface area (Å²) >= 11 is 0. The summed E-state index contributed by atoms with van der Waals surface area (Å²) in [6, 6.07) is 5.24. The number of allylic oxidation sites excluding steroid dienone is 2. The summed E-state index contributed by atoms with van der Waals surface area (Å²) in [4.78, 5) is 22.9. The lowest BCUT2D eigenvalue weighted by atomic mass is 9.70. The molecule has 37 heavy (non-hydrogen) atoms. The van der Waals surface area contributed by atoms with Crippen molar-refractivity contribution in [3.63, 3.8) is 0 Å². The number of aromatic amines is 1. The van der Waals surface area contributed by atoms with Gasteiger partial charge in [0.1, 0.15) is 0 Å². The second kappa shape index (κ2) is 9.59. The molecule has 6 rings (SSSR count). The normalized spacial score (nSPS) is 22.8. The molecule has 2 aromatic rings. The molecule has 4 aliphatic rings. The van der Waals surface area contributed by atoms with Gasteiger partial charge < -0.3 is 14.6 Å². The van der Waals surface area contributed by atoms with Gasteiger partial charge in [0.2, 0.25) is 0 Å². The second-order valence-corrected chi connectivity index (χ2v) is 11.6. The molecule has 1 aromatic carbocycles. The van der Waals surface area contributed by atoms with E-state index in [4.69, 9.17) is 4.74 Å². The molecule has 0 amide bonds. The molecule has 2 saturated heterocycles. The zero-order valence-corrected chi connectivity index (χ0v) is 23.0. The Morgan fingerprint density at radius 3 is 2.57 bits per heavy atom. The molecule has 0 radical (unpaired) electrons. The molecule has 5 nitrogen and oxygen atoms in total. The molecule has 2 fully saturated rings. The van der Waals surface area contributed by atoms with E-state index >= 15 is 0 Å². The van der Waals surface area contributed by atoms with E-state index in [1.54, 1.807) is 0 Å². The predicted molar refractivity (Wildman–Crippen MR) is 151 cm³/mol. The number of carbonyl (C=O) groups is 1. The third-order valence-corrected chi connectivity index (χ3v) is 9.14. The first kappa shape index (κ1) is 24.7. The Labute approximate surface area is 220 Å². The molecule has 0 spiro atoms. The first-order valence-electron chi connectivity index (χ1n) is 14.3. The van der Waals surface area contributed by atoms with E-state index in [0.717, 1.165) is 91.6 Å². The molecule has 0 atom stereocenters. The molecular formula is C32H41N3O2. The number of benzene rings is 1. The Bertz CT molecular complexity index is 1370. The van der Waals surface area contributed by atoms with Crippen molar-refractivity contribution in [3.8, 4) is 0 Å². The number of carbonyl (C=O) groups excluding carboxylic acids is 1. The monoisotopic (exact) mass is 499 g/mol. The third kappa shape index (κ3) is 4.11. The van der Waals surface area contributed by atoms with Gasteiger partial charge in [0.05, 0.1) is 18.8 Å². The van der Waals surface area contributed by atoms with Gasteiger partial charge in [0.25, 0.3) is 0 Å². The largest absolute Gasteiger partial charge is 0.379 e. The first-order chi connectivity index (χ1) is 17.9. The summed E-state index contributed by atoms with van der Waals surface area (Å²) in [7, 11) is 0. The number of rotatable bonds is 4. The quantitative estimate of drug-likeness (QED) is 0.690. The van der Waals surface area contributed by atoms with E-state index in [2.05, 4.69) is 72.8 Å². The fourth-order valence-corrected chi connectivity index (χ4v) is 7.03. The molecule has 5 heteroatoms. The highest BCUT2D eigenvalue weighted by atomic mass is 16.5. The lowest BCUT2D eigenvalue weighted by Crippen LogP contribution is -2.49. The van der Waals surface area contributed by atoms with Crippen LogP contribution in [-0.4, -0.2) is 61.1 Å². The summed E-state index contributed by atoms with van der Waals surface area (Å²) in [6.45, 7) is 14.9. The van der Waals surface area contributed by atoms with Gasteiger partial charge in [-0.05, 0) is 67.0 Å². The van der Waals surface area contributed by atoms with Crippen molar-refractivity contribution < 1.29 is 9.53 Å². The minimum absolute atomic E-state index is 0.182. The Morgan fingerprint density at radius 1 is 1.11 bits per heavy atom. The summed E-state index contributed by atoms with van der Waals surface area (Å²) in [5.41, 5.74) is 7.70. The number of fused-ring (bicyclic) bond motifs is 4. The molecular weight excluding hydrogens is 458 g/mol. The predicted octanol–water partition coefficient (Wildman–Crippen LogP) is 4.05. The van der Waals surface area contributed by atoms with Crippen molar-refractivity contribution in [1.29, 1.82) is 0 Å². The number of anilines is 1. The maximum absolute atomic E-state index is 14.0. The van der Waals surface area contributed by atoms with E-state index < -0.39 is 0 Å². The van der Waals surface area contributed by atoms with Crippen molar-refractivity contribution in [2.75, 3.05) is 44.3 Å². The van der Waals surface area contributed by atoms with Gasteiger partial charge >= 0.3 is 0 Å². The van der Waals surface area contributed by atoms with Crippen LogP contribution in [0, 0.1) is 0 Å². The molecule has 0 bridgehead atoms. The third-order valence-electron chi connectivity index (χ3n) is 9.14. The van der Waals surface area contributed by atoms with Crippen molar-refractivity contribution in [3.05, 3.63) is 62.3 Å². The molecule has 3 heterocycles. The number of H-pyrrole nitrogens is 1. The molecule has 0 saturated carbocycles. The highest BCUT2D eigenvalue weighted by Gasteiger charge is 2.40. The van der Waals surface area contributed by atoms with Gasteiger partial charge in [0, 0.05) is 65.1 Å². The van der Waals surface area contributed by atoms with Crippen LogP contribution in [0.5, 0.6) is 0 Å². The topological polar surface area (TPSA) is 48.6 Å². The zero-order chi connectivity index (χ0) is 25.7. The van der Waals surface area contributed by atoms with E-state index in [9.17, 15) is 4.79 Å². The van der Waals surface area contributed by atoms with E-state index in [1.807, 2.05) is 0 Å². The molecule has 1 aromatic heterocycles. The van der Waals surface area contributed by atoms with Crippen LogP contribution in [-0.2, 0) is 16.6 Å². The number of aromatic nitrogens is 1. The highest BCUT2D eigenvalue weighted by molar-refractivity contribution is 6.13. The van der Waals surface area contributed by atoms with Crippen LogP contribution in [0.1, 0.15) is 86.1 Å². The molecule has 1 N–H and O–H groups in total. The Balaban J connectivity index is 1.36. The number of aryl methyl sites for hydroxylation is 1. The maximum Gasteiger partial charge on any atom is 0.195 e. The number of ketones is 1. The van der Waals surface area contributed by atoms with Crippen LogP contribution in [0.15, 0.2) is 23.8 Å². The van der Waals surface area contributed by atoms with Gasteiger partial charge in [-0.25, -0.2) is 0 Å². The fraction of sp³-hybridized carbons (Fsp3) is 0.531. The molecule has 0 unspecified atom stereocenters. The van der Waals surface area contributed by atoms with Gasteiger partial charge in [0.15, 0.2) is 5.78 Å². The summed E-state index contributed by atoms with van der Waals surface area (Å²) in [5, 5.41) is 2.19. The van der Waals surface area contributed by atoms with Crippen LogP contribution in [0.25, 0.3) is 12.2 Å². The maximum atomic E-state index is 14.0. The van der Waals surface area contributed by atoms with Crippen molar-refractivity contribution in [1.82, 2.24) is 9.88 Å². The number of morpholine rings is 1. The smallest absolute Gasteiger partial charge is 0.195 e. The fourth-order valence-electron chi connectivity index (χ4n) is 7.03. The zero-order valence-electron chi connectivity index (χ0n) is 23.0. The minimum atomic E-state index is -0.265. The molecule has 2 aliphatic heterocycles.